The van der Waals surface area contributed by atoms with E-state index in [1.807, 2.05) is 6.92 Å². The van der Waals surface area contributed by atoms with Gasteiger partial charge in [-0.05, 0) is 25.5 Å². The molecule has 0 fully saturated rings. The van der Waals surface area contributed by atoms with Crippen molar-refractivity contribution >= 4 is 5.91 Å². The first-order chi connectivity index (χ1) is 6.24. The van der Waals surface area contributed by atoms with E-state index in [0.29, 0.717) is 5.76 Å². The van der Waals surface area contributed by atoms with E-state index in [9.17, 15) is 4.79 Å². The van der Waals surface area contributed by atoms with E-state index in [1.54, 1.807) is 12.1 Å². The zero-order chi connectivity index (χ0) is 9.68. The topological polar surface area (TPSA) is 42.2 Å². The molecule has 0 aromatic carbocycles. The largest absolute Gasteiger partial charge is 0.456 e. The van der Waals surface area contributed by atoms with Gasteiger partial charge in [-0.15, -0.1) is 0 Å². The van der Waals surface area contributed by atoms with E-state index in [4.69, 9.17) is 4.42 Å². The number of carbonyl (C=O) groups is 1. The summed E-state index contributed by atoms with van der Waals surface area (Å²) in [5.74, 6) is 1.04. The van der Waals surface area contributed by atoms with E-state index in [1.165, 1.54) is 0 Å². The second kappa shape index (κ2) is 4.70. The molecule has 1 heterocycles. The Labute approximate surface area is 78.1 Å². The summed E-state index contributed by atoms with van der Waals surface area (Å²) in [5, 5.41) is 2.78. The molecule has 0 saturated heterocycles. The number of amides is 1. The first-order valence-corrected chi connectivity index (χ1v) is 4.58. The molecule has 3 nitrogen and oxygen atoms in total. The Hall–Kier alpha value is -1.25. The molecule has 1 N–H and O–H groups in total. The third-order valence-corrected chi connectivity index (χ3v) is 1.78. The predicted molar refractivity (Wildman–Crippen MR) is 50.7 cm³/mol. The highest BCUT2D eigenvalue weighted by Gasteiger charge is 2.07. The smallest absolute Gasteiger partial charge is 0.286 e. The molecule has 0 spiro atoms. The van der Waals surface area contributed by atoms with Gasteiger partial charge in [-0.1, -0.05) is 13.3 Å². The first-order valence-electron chi connectivity index (χ1n) is 4.58. The standard InChI is InChI=1S/C10H15NO2/c1-3-4-7-11-10(12)9-6-5-8(2)13-9/h5-6H,3-4,7H2,1-2H3,(H,11,12). The minimum absolute atomic E-state index is 0.124. The first kappa shape index (κ1) is 9.84. The number of rotatable bonds is 4. The molecular formula is C10H15NO2. The fraction of sp³-hybridized carbons (Fsp3) is 0.500. The number of unbranched alkanes of at least 4 members (excludes halogenated alkanes) is 1. The second-order valence-electron chi connectivity index (χ2n) is 3.02. The van der Waals surface area contributed by atoms with Crippen LogP contribution in [0.1, 0.15) is 36.1 Å². The van der Waals surface area contributed by atoms with E-state index < -0.39 is 0 Å². The van der Waals surface area contributed by atoms with Gasteiger partial charge in [-0.25, -0.2) is 0 Å². The SMILES string of the molecule is CCCCNC(=O)c1ccc(C)o1. The van der Waals surface area contributed by atoms with Crippen molar-refractivity contribution in [2.45, 2.75) is 26.7 Å². The third-order valence-electron chi connectivity index (χ3n) is 1.78. The molecule has 72 valence electrons. The maximum Gasteiger partial charge on any atom is 0.286 e. The minimum atomic E-state index is -0.124. The lowest BCUT2D eigenvalue weighted by Crippen LogP contribution is -2.23. The summed E-state index contributed by atoms with van der Waals surface area (Å²) in [4.78, 5) is 11.3. The summed E-state index contributed by atoms with van der Waals surface area (Å²) in [6, 6.07) is 3.48. The van der Waals surface area contributed by atoms with Crippen LogP contribution in [0.3, 0.4) is 0 Å². The van der Waals surface area contributed by atoms with Crippen LogP contribution in [0.4, 0.5) is 0 Å². The van der Waals surface area contributed by atoms with Gasteiger partial charge >= 0.3 is 0 Å². The number of hydrogen-bond acceptors (Lipinski definition) is 2. The lowest BCUT2D eigenvalue weighted by molar-refractivity contribution is 0.0924. The van der Waals surface area contributed by atoms with Crippen molar-refractivity contribution in [2.24, 2.45) is 0 Å². The van der Waals surface area contributed by atoms with Crippen molar-refractivity contribution in [3.63, 3.8) is 0 Å². The summed E-state index contributed by atoms with van der Waals surface area (Å²) < 4.78 is 5.16. The lowest BCUT2D eigenvalue weighted by Gasteiger charge is -2.00. The van der Waals surface area contributed by atoms with Gasteiger partial charge in [0, 0.05) is 6.54 Å². The van der Waals surface area contributed by atoms with Crippen molar-refractivity contribution in [1.29, 1.82) is 0 Å². The molecule has 1 aromatic rings. The highest BCUT2D eigenvalue weighted by molar-refractivity contribution is 5.91. The second-order valence-corrected chi connectivity index (χ2v) is 3.02. The van der Waals surface area contributed by atoms with Crippen LogP contribution in [0.5, 0.6) is 0 Å². The van der Waals surface area contributed by atoms with Crippen LogP contribution in [0.15, 0.2) is 16.5 Å². The zero-order valence-corrected chi connectivity index (χ0v) is 8.09. The molecule has 0 aliphatic heterocycles. The third kappa shape index (κ3) is 2.93. The number of hydrogen-bond donors (Lipinski definition) is 1. The molecule has 3 heteroatoms. The van der Waals surface area contributed by atoms with Crippen LogP contribution in [0.25, 0.3) is 0 Å². The number of furan rings is 1. The van der Waals surface area contributed by atoms with Crippen molar-refractivity contribution in [1.82, 2.24) is 5.32 Å². The van der Waals surface area contributed by atoms with Crippen molar-refractivity contribution in [3.8, 4) is 0 Å². The Morgan fingerprint density at radius 1 is 1.54 bits per heavy atom. The molecule has 0 aliphatic carbocycles. The quantitative estimate of drug-likeness (QED) is 0.723. The predicted octanol–water partition coefficient (Wildman–Crippen LogP) is 2.12. The Morgan fingerprint density at radius 2 is 2.31 bits per heavy atom. The van der Waals surface area contributed by atoms with E-state index in [0.717, 1.165) is 25.1 Å². The summed E-state index contributed by atoms with van der Waals surface area (Å²) in [5.41, 5.74) is 0. The average Bonchev–Trinajstić information content (AvgIpc) is 2.52. The van der Waals surface area contributed by atoms with Gasteiger partial charge in [0.2, 0.25) is 0 Å². The van der Waals surface area contributed by atoms with Crippen LogP contribution in [0, 0.1) is 6.92 Å². The summed E-state index contributed by atoms with van der Waals surface area (Å²) in [7, 11) is 0. The molecule has 0 unspecified atom stereocenters. The summed E-state index contributed by atoms with van der Waals surface area (Å²) >= 11 is 0. The van der Waals surface area contributed by atoms with E-state index in [2.05, 4.69) is 12.2 Å². The monoisotopic (exact) mass is 181 g/mol. The van der Waals surface area contributed by atoms with Crippen molar-refractivity contribution in [2.75, 3.05) is 6.54 Å². The molecule has 0 aliphatic rings. The fourth-order valence-corrected chi connectivity index (χ4v) is 1.02. The summed E-state index contributed by atoms with van der Waals surface area (Å²) in [6.07, 6.45) is 2.09. The zero-order valence-electron chi connectivity index (χ0n) is 8.09. The van der Waals surface area contributed by atoms with Crippen LogP contribution in [-0.4, -0.2) is 12.5 Å². The molecule has 1 aromatic heterocycles. The average molecular weight is 181 g/mol. The molecule has 0 bridgehead atoms. The Morgan fingerprint density at radius 3 is 2.85 bits per heavy atom. The fourth-order valence-electron chi connectivity index (χ4n) is 1.02. The van der Waals surface area contributed by atoms with Gasteiger partial charge in [0.15, 0.2) is 5.76 Å². The highest BCUT2D eigenvalue weighted by atomic mass is 16.3. The van der Waals surface area contributed by atoms with Crippen LogP contribution in [-0.2, 0) is 0 Å². The van der Waals surface area contributed by atoms with Gasteiger partial charge in [0.25, 0.3) is 5.91 Å². The van der Waals surface area contributed by atoms with Crippen LogP contribution in [0.2, 0.25) is 0 Å². The van der Waals surface area contributed by atoms with E-state index >= 15 is 0 Å². The van der Waals surface area contributed by atoms with Crippen LogP contribution >= 0.6 is 0 Å². The van der Waals surface area contributed by atoms with Gasteiger partial charge in [0.1, 0.15) is 5.76 Å². The van der Waals surface area contributed by atoms with Crippen molar-refractivity contribution in [3.05, 3.63) is 23.7 Å². The van der Waals surface area contributed by atoms with E-state index in [-0.39, 0.29) is 5.91 Å². The molecule has 0 radical (unpaired) electrons. The Kier molecular flexibility index (Phi) is 3.55. The summed E-state index contributed by atoms with van der Waals surface area (Å²) in [6.45, 7) is 4.63. The Balaban J connectivity index is 2.40. The molecule has 1 rings (SSSR count). The minimum Gasteiger partial charge on any atom is -0.456 e. The number of carbonyl (C=O) groups excluding carboxylic acids is 1. The molecule has 0 saturated carbocycles. The van der Waals surface area contributed by atoms with Crippen LogP contribution < -0.4 is 5.32 Å². The van der Waals surface area contributed by atoms with Crippen molar-refractivity contribution < 1.29 is 9.21 Å². The lowest BCUT2D eigenvalue weighted by atomic mass is 10.3. The molecule has 1 amide bonds. The normalized spacial score (nSPS) is 10.0. The highest BCUT2D eigenvalue weighted by Crippen LogP contribution is 2.05. The molecular weight excluding hydrogens is 166 g/mol. The maximum absolute atomic E-state index is 11.3. The number of nitrogens with one attached hydrogen (secondary N) is 1. The number of aryl methyl sites for hydroxylation is 1. The van der Waals surface area contributed by atoms with Gasteiger partial charge in [-0.3, -0.25) is 4.79 Å². The van der Waals surface area contributed by atoms with Gasteiger partial charge < -0.3 is 9.73 Å². The molecule has 0 atom stereocenters. The maximum atomic E-state index is 11.3. The molecule has 13 heavy (non-hydrogen) atoms. The van der Waals surface area contributed by atoms with Gasteiger partial charge in [-0.2, -0.15) is 0 Å². The van der Waals surface area contributed by atoms with Gasteiger partial charge in [0.05, 0.1) is 0 Å². The Bertz CT molecular complexity index is 278.